The molecule has 1 aromatic heterocycles. The number of benzene rings is 1. The number of nitro benzene ring substituents is 1. The zero-order valence-corrected chi connectivity index (χ0v) is 11.9. The van der Waals surface area contributed by atoms with Gasteiger partial charge in [-0.15, -0.1) is 0 Å². The van der Waals surface area contributed by atoms with Crippen LogP contribution in [0.5, 0.6) is 0 Å². The number of nitrogens with zero attached hydrogens (tertiary/aromatic N) is 3. The van der Waals surface area contributed by atoms with Crippen molar-refractivity contribution in [1.82, 2.24) is 15.1 Å². The summed E-state index contributed by atoms with van der Waals surface area (Å²) < 4.78 is 1.67. The van der Waals surface area contributed by atoms with E-state index in [1.807, 2.05) is 0 Å². The molecule has 0 aliphatic heterocycles. The predicted octanol–water partition coefficient (Wildman–Crippen LogP) is 2.26. The van der Waals surface area contributed by atoms with Crippen molar-refractivity contribution < 1.29 is 9.72 Å². The first-order chi connectivity index (χ1) is 9.97. The lowest BCUT2D eigenvalue weighted by molar-refractivity contribution is -0.385. The Morgan fingerprint density at radius 1 is 1.57 bits per heavy atom. The smallest absolute Gasteiger partial charge is 0.283 e. The van der Waals surface area contributed by atoms with Gasteiger partial charge in [0, 0.05) is 29.5 Å². The van der Waals surface area contributed by atoms with E-state index in [0.29, 0.717) is 6.54 Å². The van der Waals surface area contributed by atoms with Crippen molar-refractivity contribution >= 4 is 23.2 Å². The Kier molecular flexibility index (Phi) is 4.54. The number of aromatic nitrogens is 2. The van der Waals surface area contributed by atoms with Crippen LogP contribution in [0.25, 0.3) is 0 Å². The van der Waals surface area contributed by atoms with Crippen molar-refractivity contribution in [2.75, 3.05) is 0 Å². The van der Waals surface area contributed by atoms with Crippen molar-refractivity contribution in [3.63, 3.8) is 0 Å². The first-order valence-electron chi connectivity index (χ1n) is 6.19. The van der Waals surface area contributed by atoms with Crippen LogP contribution in [-0.4, -0.2) is 26.7 Å². The minimum Gasteiger partial charge on any atom is -0.348 e. The topological polar surface area (TPSA) is 90.1 Å². The summed E-state index contributed by atoms with van der Waals surface area (Å²) in [5.74, 6) is -0.516. The third-order valence-corrected chi connectivity index (χ3v) is 3.03. The molecule has 0 aliphatic carbocycles. The molecule has 0 spiro atoms. The highest BCUT2D eigenvalue weighted by Gasteiger charge is 2.21. The van der Waals surface area contributed by atoms with Crippen LogP contribution in [0.2, 0.25) is 5.02 Å². The second-order valence-corrected chi connectivity index (χ2v) is 4.96. The van der Waals surface area contributed by atoms with Gasteiger partial charge in [0.05, 0.1) is 11.5 Å². The third-order valence-electron chi connectivity index (χ3n) is 2.80. The van der Waals surface area contributed by atoms with E-state index in [4.69, 9.17) is 11.6 Å². The molecule has 0 saturated carbocycles. The molecule has 0 fully saturated rings. The van der Waals surface area contributed by atoms with Gasteiger partial charge in [0.25, 0.3) is 11.6 Å². The molecule has 1 N–H and O–H groups in total. The molecule has 2 aromatic rings. The van der Waals surface area contributed by atoms with E-state index in [2.05, 4.69) is 10.4 Å². The van der Waals surface area contributed by atoms with Crippen molar-refractivity contribution in [3.8, 4) is 0 Å². The van der Waals surface area contributed by atoms with Crippen molar-refractivity contribution in [3.05, 3.63) is 57.4 Å². The third kappa shape index (κ3) is 3.79. The number of nitrogens with one attached hydrogen (secondary N) is 1. The Bertz CT molecular complexity index is 657. The second-order valence-electron chi connectivity index (χ2n) is 4.52. The number of amides is 1. The molecule has 1 atom stereocenters. The zero-order chi connectivity index (χ0) is 15.4. The highest BCUT2D eigenvalue weighted by Crippen LogP contribution is 2.23. The Balaban J connectivity index is 2.11. The number of nitro groups is 1. The fraction of sp³-hybridized carbons (Fsp3) is 0.231. The summed E-state index contributed by atoms with van der Waals surface area (Å²) in [5, 5.41) is 17.9. The highest BCUT2D eigenvalue weighted by atomic mass is 35.5. The Labute approximate surface area is 125 Å². The monoisotopic (exact) mass is 308 g/mol. The van der Waals surface area contributed by atoms with Crippen LogP contribution in [-0.2, 0) is 6.54 Å². The van der Waals surface area contributed by atoms with Crippen molar-refractivity contribution in [2.24, 2.45) is 0 Å². The van der Waals surface area contributed by atoms with E-state index >= 15 is 0 Å². The van der Waals surface area contributed by atoms with Crippen LogP contribution in [0.4, 0.5) is 5.69 Å². The molecule has 0 saturated heterocycles. The van der Waals surface area contributed by atoms with Gasteiger partial charge in [-0.1, -0.05) is 11.6 Å². The zero-order valence-electron chi connectivity index (χ0n) is 11.2. The van der Waals surface area contributed by atoms with Gasteiger partial charge in [0.15, 0.2) is 0 Å². The molecule has 110 valence electrons. The van der Waals surface area contributed by atoms with E-state index in [-0.39, 0.29) is 22.3 Å². The molecular weight excluding hydrogens is 296 g/mol. The van der Waals surface area contributed by atoms with E-state index in [1.165, 1.54) is 12.1 Å². The standard InChI is InChI=1S/C13H13ClN4O3/c1-9(8-17-6-2-5-15-17)16-13(19)11-4-3-10(14)7-12(11)18(20)21/h2-7,9H,8H2,1H3,(H,16,19)/t9-/m0/s1. The molecular formula is C13H13ClN4O3. The molecule has 8 heteroatoms. The first-order valence-corrected chi connectivity index (χ1v) is 6.57. The maximum Gasteiger partial charge on any atom is 0.283 e. The largest absolute Gasteiger partial charge is 0.348 e. The Morgan fingerprint density at radius 3 is 2.95 bits per heavy atom. The highest BCUT2D eigenvalue weighted by molar-refractivity contribution is 6.31. The lowest BCUT2D eigenvalue weighted by atomic mass is 10.1. The summed E-state index contributed by atoms with van der Waals surface area (Å²) in [6.45, 7) is 2.27. The maximum absolute atomic E-state index is 12.1. The van der Waals surface area contributed by atoms with Gasteiger partial charge in [-0.05, 0) is 25.1 Å². The van der Waals surface area contributed by atoms with Crippen molar-refractivity contribution in [1.29, 1.82) is 0 Å². The lowest BCUT2D eigenvalue weighted by Crippen LogP contribution is -2.36. The summed E-state index contributed by atoms with van der Waals surface area (Å²) in [5.41, 5.74) is -0.331. The first kappa shape index (κ1) is 15.0. The van der Waals surface area contributed by atoms with E-state index in [9.17, 15) is 14.9 Å². The van der Waals surface area contributed by atoms with Gasteiger partial charge in [0.2, 0.25) is 0 Å². The van der Waals surface area contributed by atoms with E-state index in [1.54, 1.807) is 30.1 Å². The molecule has 1 aromatic carbocycles. The summed E-state index contributed by atoms with van der Waals surface area (Å²) in [7, 11) is 0. The molecule has 0 unspecified atom stereocenters. The molecule has 0 radical (unpaired) electrons. The number of hydrogen-bond acceptors (Lipinski definition) is 4. The van der Waals surface area contributed by atoms with Gasteiger partial charge in [0.1, 0.15) is 5.56 Å². The van der Waals surface area contributed by atoms with Crippen LogP contribution in [0.15, 0.2) is 36.7 Å². The van der Waals surface area contributed by atoms with Gasteiger partial charge in [-0.2, -0.15) is 5.10 Å². The fourth-order valence-electron chi connectivity index (χ4n) is 1.88. The molecule has 1 amide bonds. The van der Waals surface area contributed by atoms with Crippen molar-refractivity contribution in [2.45, 2.75) is 19.5 Å². The normalized spacial score (nSPS) is 11.9. The van der Waals surface area contributed by atoms with Gasteiger partial charge >= 0.3 is 0 Å². The summed E-state index contributed by atoms with van der Waals surface area (Å²) in [6.07, 6.45) is 3.41. The molecule has 1 heterocycles. The Morgan fingerprint density at radius 2 is 2.33 bits per heavy atom. The van der Waals surface area contributed by atoms with Gasteiger partial charge in [-0.3, -0.25) is 19.6 Å². The number of hydrogen-bond donors (Lipinski definition) is 1. The van der Waals surface area contributed by atoms with Gasteiger partial charge < -0.3 is 5.32 Å². The van der Waals surface area contributed by atoms with Gasteiger partial charge in [-0.25, -0.2) is 0 Å². The van der Waals surface area contributed by atoms with Crippen LogP contribution in [0.1, 0.15) is 17.3 Å². The number of carbonyl (C=O) groups excluding carboxylic acids is 1. The van der Waals surface area contributed by atoms with E-state index < -0.39 is 10.8 Å². The second kappa shape index (κ2) is 6.36. The molecule has 0 aliphatic rings. The average molecular weight is 309 g/mol. The summed E-state index contributed by atoms with van der Waals surface area (Å²) in [6, 6.07) is 5.50. The molecule has 0 bridgehead atoms. The number of rotatable bonds is 5. The van der Waals surface area contributed by atoms with Crippen LogP contribution >= 0.6 is 11.6 Å². The Hall–Kier alpha value is -2.41. The average Bonchev–Trinajstić information content (AvgIpc) is 2.90. The molecule has 7 nitrogen and oxygen atoms in total. The number of carbonyl (C=O) groups is 1. The van der Waals surface area contributed by atoms with Crippen LogP contribution < -0.4 is 5.32 Å². The maximum atomic E-state index is 12.1. The lowest BCUT2D eigenvalue weighted by Gasteiger charge is -2.14. The molecule has 21 heavy (non-hydrogen) atoms. The quantitative estimate of drug-likeness (QED) is 0.677. The van der Waals surface area contributed by atoms with Crippen LogP contribution in [0.3, 0.4) is 0 Å². The summed E-state index contributed by atoms with van der Waals surface area (Å²) >= 11 is 5.72. The van der Waals surface area contributed by atoms with E-state index in [0.717, 1.165) is 6.07 Å². The predicted molar refractivity (Wildman–Crippen MR) is 77.3 cm³/mol. The number of halogens is 1. The summed E-state index contributed by atoms with van der Waals surface area (Å²) in [4.78, 5) is 22.5. The minimum absolute atomic E-state index is 0.0169. The SMILES string of the molecule is C[C@@H](Cn1cccn1)NC(=O)c1ccc(Cl)cc1[N+](=O)[O-]. The minimum atomic E-state index is -0.626. The van der Waals surface area contributed by atoms with Crippen LogP contribution in [0, 0.1) is 10.1 Å². The molecule has 2 rings (SSSR count). The fourth-order valence-corrected chi connectivity index (χ4v) is 2.05.